The summed E-state index contributed by atoms with van der Waals surface area (Å²) in [6.07, 6.45) is 3.82. The van der Waals surface area contributed by atoms with Crippen LogP contribution in [0.5, 0.6) is 0 Å². The van der Waals surface area contributed by atoms with Crippen molar-refractivity contribution in [3.63, 3.8) is 0 Å². The van der Waals surface area contributed by atoms with Gasteiger partial charge in [0.2, 0.25) is 11.9 Å². The van der Waals surface area contributed by atoms with E-state index in [0.717, 1.165) is 42.3 Å². The molecule has 2 aromatic carbocycles. The second kappa shape index (κ2) is 9.62. The zero-order chi connectivity index (χ0) is 18.8. The lowest BCUT2D eigenvalue weighted by molar-refractivity contribution is 0.738. The number of halogens is 2. The summed E-state index contributed by atoms with van der Waals surface area (Å²) in [6.45, 7) is 0. The van der Waals surface area contributed by atoms with E-state index in [1.165, 1.54) is 5.56 Å². The van der Waals surface area contributed by atoms with Gasteiger partial charge in [-0.1, -0.05) is 30.3 Å². The minimum absolute atomic E-state index is 0. The van der Waals surface area contributed by atoms with Crippen LogP contribution >= 0.6 is 24.8 Å². The fourth-order valence-electron chi connectivity index (χ4n) is 3.47. The van der Waals surface area contributed by atoms with Gasteiger partial charge in [-0.2, -0.15) is 0 Å². The number of nitrogens with zero attached hydrogens (tertiary/aromatic N) is 2. The highest BCUT2D eigenvalue weighted by Crippen LogP contribution is 2.27. The number of aryl methyl sites for hydroxylation is 2. The molecule has 5 N–H and O–H groups in total. The maximum atomic E-state index is 12.4. The molecule has 2 heterocycles. The fraction of sp³-hybridized carbons (Fsp3) is 0.250. The van der Waals surface area contributed by atoms with Crippen LogP contribution in [0.25, 0.3) is 21.9 Å². The highest BCUT2D eigenvalue weighted by molar-refractivity contribution is 5.98. The molecular weight excluding hydrogens is 411 g/mol. The number of benzene rings is 2. The van der Waals surface area contributed by atoms with Gasteiger partial charge in [0.15, 0.2) is 0 Å². The van der Waals surface area contributed by atoms with Crippen molar-refractivity contribution in [2.45, 2.75) is 25.7 Å². The summed E-state index contributed by atoms with van der Waals surface area (Å²) in [5.41, 5.74) is 10.2. The minimum Gasteiger partial charge on any atom is -0.369 e. The van der Waals surface area contributed by atoms with Gasteiger partial charge in [0.1, 0.15) is 0 Å². The molecule has 0 aliphatic rings. The molecule has 0 radical (unpaired) electrons. The van der Waals surface area contributed by atoms with Gasteiger partial charge in [-0.25, -0.2) is 9.97 Å². The van der Waals surface area contributed by atoms with Gasteiger partial charge in [-0.15, -0.1) is 24.8 Å². The third kappa shape index (κ3) is 4.63. The topological polar surface area (TPSA) is 112 Å². The second-order valence-corrected chi connectivity index (χ2v) is 6.63. The van der Waals surface area contributed by atoms with Crippen LogP contribution in [0.4, 0.5) is 11.9 Å². The molecule has 0 saturated heterocycles. The van der Waals surface area contributed by atoms with Crippen molar-refractivity contribution in [3.8, 4) is 0 Å². The highest BCUT2D eigenvalue weighted by Gasteiger charge is 2.15. The molecule has 0 fully saturated rings. The number of rotatable bonds is 6. The first-order chi connectivity index (χ1) is 13.2. The molecular formula is C20H24Cl2N6O. The minimum atomic E-state index is -0.231. The van der Waals surface area contributed by atoms with Crippen LogP contribution in [0.1, 0.15) is 24.0 Å². The van der Waals surface area contributed by atoms with Crippen molar-refractivity contribution in [1.82, 2.24) is 19.9 Å². The number of nitrogens with two attached hydrogens (primary N) is 1. The average molecular weight is 435 g/mol. The summed E-state index contributed by atoms with van der Waals surface area (Å²) in [6, 6.07) is 12.2. The van der Waals surface area contributed by atoms with E-state index in [0.29, 0.717) is 16.9 Å². The Labute approximate surface area is 180 Å². The standard InChI is InChI=1S/C20H22N6O.2ClH/c1-22-20-23-15-11-14-16(24-19(21)26-18(14)27)13(17(15)25-20)10-6-5-9-12-7-3-2-4-8-12;;/h2-4,7-8,11H,5-6,9-10H2,1H3,(H2,22,23,25)(H3,21,24,26,27);2*1H. The number of nitrogens with one attached hydrogen (secondary N) is 3. The Bertz CT molecular complexity index is 1160. The Morgan fingerprint density at radius 2 is 1.72 bits per heavy atom. The third-order valence-corrected chi connectivity index (χ3v) is 4.79. The molecule has 0 atom stereocenters. The quantitative estimate of drug-likeness (QED) is 0.344. The molecule has 154 valence electrons. The summed E-state index contributed by atoms with van der Waals surface area (Å²) in [7, 11) is 1.81. The number of aromatic nitrogens is 4. The first-order valence-electron chi connectivity index (χ1n) is 9.08. The van der Waals surface area contributed by atoms with Gasteiger partial charge in [0.05, 0.1) is 21.9 Å². The maximum Gasteiger partial charge on any atom is 0.260 e. The van der Waals surface area contributed by atoms with Crippen molar-refractivity contribution in [3.05, 3.63) is 57.9 Å². The second-order valence-electron chi connectivity index (χ2n) is 6.63. The van der Waals surface area contributed by atoms with E-state index in [-0.39, 0.29) is 36.3 Å². The van der Waals surface area contributed by atoms with Crippen LogP contribution in [0.2, 0.25) is 0 Å². The van der Waals surface area contributed by atoms with Crippen molar-refractivity contribution >= 4 is 58.6 Å². The smallest absolute Gasteiger partial charge is 0.260 e. The molecule has 0 unspecified atom stereocenters. The Kier molecular flexibility index (Phi) is 7.47. The maximum absolute atomic E-state index is 12.4. The average Bonchev–Trinajstić information content (AvgIpc) is 3.09. The van der Waals surface area contributed by atoms with Gasteiger partial charge in [0.25, 0.3) is 5.56 Å². The zero-order valence-electron chi connectivity index (χ0n) is 16.0. The number of hydrogen-bond acceptors (Lipinski definition) is 5. The normalized spacial score (nSPS) is 10.5. The Morgan fingerprint density at radius 3 is 2.45 bits per heavy atom. The third-order valence-electron chi connectivity index (χ3n) is 4.79. The van der Waals surface area contributed by atoms with Crippen LogP contribution in [-0.4, -0.2) is 27.0 Å². The number of aromatic amines is 2. The van der Waals surface area contributed by atoms with Gasteiger partial charge < -0.3 is 16.0 Å². The zero-order valence-corrected chi connectivity index (χ0v) is 17.6. The van der Waals surface area contributed by atoms with Crippen molar-refractivity contribution < 1.29 is 0 Å². The van der Waals surface area contributed by atoms with E-state index < -0.39 is 0 Å². The van der Waals surface area contributed by atoms with Gasteiger partial charge in [-0.05, 0) is 37.3 Å². The fourth-order valence-corrected chi connectivity index (χ4v) is 3.47. The molecule has 0 aliphatic heterocycles. The van der Waals surface area contributed by atoms with Crippen molar-refractivity contribution in [2.75, 3.05) is 18.1 Å². The number of H-pyrrole nitrogens is 2. The van der Waals surface area contributed by atoms with Gasteiger partial charge >= 0.3 is 0 Å². The molecule has 7 nitrogen and oxygen atoms in total. The monoisotopic (exact) mass is 434 g/mol. The predicted octanol–water partition coefficient (Wildman–Crippen LogP) is 3.83. The van der Waals surface area contributed by atoms with Crippen LogP contribution < -0.4 is 16.6 Å². The number of nitrogen functional groups attached to an aromatic ring is 1. The van der Waals surface area contributed by atoms with E-state index in [2.05, 4.69) is 49.5 Å². The van der Waals surface area contributed by atoms with Gasteiger partial charge in [0, 0.05) is 12.6 Å². The molecule has 2 aromatic heterocycles. The van der Waals surface area contributed by atoms with E-state index in [1.54, 1.807) is 13.1 Å². The first kappa shape index (κ1) is 22.5. The molecule has 0 saturated carbocycles. The van der Waals surface area contributed by atoms with E-state index in [1.807, 2.05) is 6.07 Å². The summed E-state index contributed by atoms with van der Waals surface area (Å²) in [5.74, 6) is 0.789. The number of hydrogen-bond donors (Lipinski definition) is 4. The molecule has 0 spiro atoms. The molecule has 0 aliphatic carbocycles. The number of fused-ring (bicyclic) bond motifs is 2. The molecule has 4 aromatic rings. The largest absolute Gasteiger partial charge is 0.369 e. The van der Waals surface area contributed by atoms with Crippen LogP contribution in [0.3, 0.4) is 0 Å². The van der Waals surface area contributed by atoms with Crippen LogP contribution in [-0.2, 0) is 12.8 Å². The highest BCUT2D eigenvalue weighted by atomic mass is 35.5. The number of unbranched alkanes of at least 4 members (excludes halogenated alkanes) is 1. The molecule has 0 amide bonds. The summed E-state index contributed by atoms with van der Waals surface area (Å²) in [4.78, 5) is 27.2. The molecule has 9 heteroatoms. The Hall–Kier alpha value is -2.77. The summed E-state index contributed by atoms with van der Waals surface area (Å²) in [5, 5.41) is 3.54. The lowest BCUT2D eigenvalue weighted by atomic mass is 10.0. The summed E-state index contributed by atoms with van der Waals surface area (Å²) >= 11 is 0. The Morgan fingerprint density at radius 1 is 1.00 bits per heavy atom. The number of imidazole rings is 1. The lowest BCUT2D eigenvalue weighted by Gasteiger charge is -2.08. The SMILES string of the molecule is CNc1nc2c(CCCCc3ccccc3)c3nc(N)[nH]c(=O)c3cc2[nH]1.Cl.Cl. The van der Waals surface area contributed by atoms with E-state index in [9.17, 15) is 4.79 Å². The summed E-state index contributed by atoms with van der Waals surface area (Å²) < 4.78 is 0. The Balaban J connectivity index is 0.00000150. The molecule has 29 heavy (non-hydrogen) atoms. The van der Waals surface area contributed by atoms with Gasteiger partial charge in [-0.3, -0.25) is 9.78 Å². The lowest BCUT2D eigenvalue weighted by Crippen LogP contribution is -2.12. The van der Waals surface area contributed by atoms with Crippen molar-refractivity contribution in [2.24, 2.45) is 0 Å². The first-order valence-corrected chi connectivity index (χ1v) is 9.08. The van der Waals surface area contributed by atoms with E-state index in [4.69, 9.17) is 5.73 Å². The molecule has 4 rings (SSSR count). The van der Waals surface area contributed by atoms with E-state index >= 15 is 0 Å². The van der Waals surface area contributed by atoms with Crippen LogP contribution in [0.15, 0.2) is 41.2 Å². The molecule has 0 bridgehead atoms. The number of anilines is 2. The van der Waals surface area contributed by atoms with Crippen LogP contribution in [0, 0.1) is 0 Å². The predicted molar refractivity (Wildman–Crippen MR) is 124 cm³/mol. The van der Waals surface area contributed by atoms with Crippen molar-refractivity contribution in [1.29, 1.82) is 0 Å².